The van der Waals surface area contributed by atoms with Crippen molar-refractivity contribution < 1.29 is 29.0 Å². The number of thiazole rings is 1. The van der Waals surface area contributed by atoms with Gasteiger partial charge in [0.15, 0.2) is 10.8 Å². The van der Waals surface area contributed by atoms with Gasteiger partial charge in [0, 0.05) is 33.9 Å². The Kier molecular flexibility index (Phi) is 10.3. The normalized spacial score (nSPS) is 18.7. The molecule has 4 N–H and O–H groups in total. The number of thioether (sulfide) groups is 2. The number of nitrogens with zero attached hydrogens (tertiary/aromatic N) is 4. The molecule has 0 unspecified atom stereocenters. The third kappa shape index (κ3) is 6.88. The molecule has 0 aromatic carbocycles. The number of oxime groups is 1. The number of aromatic nitrogens is 2. The highest BCUT2D eigenvalue weighted by Gasteiger charge is 2.53. The predicted molar refractivity (Wildman–Crippen MR) is 153 cm³/mol. The van der Waals surface area contributed by atoms with Crippen LogP contribution in [0.3, 0.4) is 0 Å². The number of hydrogen-bond acceptors (Lipinski definition) is 12. The van der Waals surface area contributed by atoms with Crippen LogP contribution in [0.25, 0.3) is 0 Å². The number of fused-ring (bicyclic) bond motifs is 1. The molecule has 2 atom stereocenters. The first-order valence-corrected chi connectivity index (χ1v) is 15.6. The number of amides is 2. The Hall–Kier alpha value is -3.30. The highest BCUT2D eigenvalue weighted by Crippen LogP contribution is 2.41. The van der Waals surface area contributed by atoms with Crippen molar-refractivity contribution in [3.8, 4) is 0 Å². The van der Waals surface area contributed by atoms with Crippen molar-refractivity contribution in [2.24, 2.45) is 5.16 Å². The van der Waals surface area contributed by atoms with Gasteiger partial charge in [-0.15, -0.1) is 34.9 Å². The summed E-state index contributed by atoms with van der Waals surface area (Å²) < 4.78 is 1.90. The summed E-state index contributed by atoms with van der Waals surface area (Å²) in [4.78, 5) is 49.0. The number of rotatable bonds is 14. The average molecular weight is 606 g/mol. The number of hydrogen-bond donors (Lipinski definition) is 3. The maximum atomic E-state index is 13.0. The average Bonchev–Trinajstić information content (AvgIpc) is 3.38. The molecule has 0 aliphatic carbocycles. The van der Waals surface area contributed by atoms with Crippen molar-refractivity contribution in [1.82, 2.24) is 15.2 Å². The highest BCUT2D eigenvalue weighted by molar-refractivity contribution is 8.01. The zero-order chi connectivity index (χ0) is 28.6. The summed E-state index contributed by atoms with van der Waals surface area (Å²) in [6.07, 6.45) is 8.59. The van der Waals surface area contributed by atoms with Crippen LogP contribution in [0, 0.1) is 0 Å². The fraction of sp³-hybridized carbons (Fsp3) is 0.440. The second kappa shape index (κ2) is 13.9. The van der Waals surface area contributed by atoms with Crippen LogP contribution in [0.5, 0.6) is 0 Å². The molecule has 40 heavy (non-hydrogen) atoms. The number of anilines is 1. The third-order valence-electron chi connectivity index (χ3n) is 6.23. The molecule has 214 valence electrons. The standard InChI is InChI=1S/C25H31N7O5S3/c1-3-4-5-6-9-27-31-10-7-16(8-11-31)38-12-15-13-39-23-19(22(34)32(23)20(15)24(35)36)29-21(33)18(30-37-2)17-14-40-25(26)28-17/h7-8,10-11,14,19,23,27H,3-6,9,12-13H2,1-2H3,(H3-,26,28,29,33,35,36)/b30-18-/t19-,23-/m1/s1. The van der Waals surface area contributed by atoms with E-state index in [0.717, 1.165) is 29.2 Å². The molecule has 0 bridgehead atoms. The molecule has 15 heteroatoms. The van der Waals surface area contributed by atoms with Crippen molar-refractivity contribution in [3.63, 3.8) is 0 Å². The molecule has 0 spiro atoms. The van der Waals surface area contributed by atoms with Crippen molar-refractivity contribution in [2.45, 2.75) is 48.9 Å². The number of unbranched alkanes of at least 4 members (excludes halogenated alkanes) is 3. The molecule has 12 nitrogen and oxygen atoms in total. The number of pyridine rings is 1. The lowest BCUT2D eigenvalue weighted by Crippen LogP contribution is -2.71. The summed E-state index contributed by atoms with van der Waals surface area (Å²) in [6.45, 7) is 3.08. The lowest BCUT2D eigenvalue weighted by atomic mass is 10.0. The van der Waals surface area contributed by atoms with Crippen LogP contribution in [0.1, 0.15) is 38.3 Å². The number of carbonyl (C=O) groups is 3. The minimum absolute atomic E-state index is 0.133. The molecule has 0 radical (unpaired) electrons. The Morgan fingerprint density at radius 1 is 1.32 bits per heavy atom. The summed E-state index contributed by atoms with van der Waals surface area (Å²) in [7, 11) is 1.28. The molecule has 1 fully saturated rings. The molecule has 2 amide bonds. The molecule has 0 saturated carbocycles. The first-order valence-electron chi connectivity index (χ1n) is 12.7. The smallest absolute Gasteiger partial charge is 0.276 e. The summed E-state index contributed by atoms with van der Waals surface area (Å²) in [5.74, 6) is -1.87. The van der Waals surface area contributed by atoms with Gasteiger partial charge in [-0.3, -0.25) is 14.5 Å². The van der Waals surface area contributed by atoms with Crippen LogP contribution in [-0.4, -0.2) is 70.0 Å². The van der Waals surface area contributed by atoms with Gasteiger partial charge >= 0.3 is 0 Å². The second-order valence-corrected chi connectivity index (χ2v) is 12.0. The van der Waals surface area contributed by atoms with Gasteiger partial charge in [-0.1, -0.05) is 36.0 Å². The fourth-order valence-electron chi connectivity index (χ4n) is 4.23. The van der Waals surface area contributed by atoms with Crippen molar-refractivity contribution in [1.29, 1.82) is 0 Å². The van der Waals surface area contributed by atoms with Gasteiger partial charge in [0.25, 0.3) is 11.8 Å². The first-order chi connectivity index (χ1) is 19.3. The number of β-lactam (4-membered cyclic amide) rings is 1. The van der Waals surface area contributed by atoms with Gasteiger partial charge in [-0.25, -0.2) is 4.98 Å². The van der Waals surface area contributed by atoms with Crippen LogP contribution in [0.2, 0.25) is 0 Å². The van der Waals surface area contributed by atoms with E-state index in [0.29, 0.717) is 17.1 Å². The van der Waals surface area contributed by atoms with E-state index in [4.69, 9.17) is 10.6 Å². The molecule has 2 aromatic rings. The summed E-state index contributed by atoms with van der Waals surface area (Å²) in [5, 5.41) is 19.7. The summed E-state index contributed by atoms with van der Waals surface area (Å²) in [5.41, 5.74) is 9.53. The quantitative estimate of drug-likeness (QED) is 0.0696. The van der Waals surface area contributed by atoms with Gasteiger partial charge in [0.2, 0.25) is 12.4 Å². The monoisotopic (exact) mass is 605 g/mol. The molecule has 2 aromatic heterocycles. The zero-order valence-electron chi connectivity index (χ0n) is 22.1. The van der Waals surface area contributed by atoms with Crippen molar-refractivity contribution in [3.05, 3.63) is 46.9 Å². The number of carboxylic acids is 1. The Labute approximate surface area is 244 Å². The van der Waals surface area contributed by atoms with Crippen LogP contribution in [-0.2, 0) is 19.2 Å². The first kappa shape index (κ1) is 29.7. The largest absolute Gasteiger partial charge is 0.543 e. The minimum atomic E-state index is -1.42. The second-order valence-electron chi connectivity index (χ2n) is 8.99. The van der Waals surface area contributed by atoms with E-state index in [9.17, 15) is 19.5 Å². The molecule has 4 heterocycles. The summed E-state index contributed by atoms with van der Waals surface area (Å²) in [6, 6.07) is 2.98. The molecule has 4 rings (SSSR count). The van der Waals surface area contributed by atoms with E-state index in [1.807, 2.05) is 29.2 Å². The van der Waals surface area contributed by atoms with E-state index in [2.05, 4.69) is 27.8 Å². The summed E-state index contributed by atoms with van der Waals surface area (Å²) >= 11 is 4.00. The maximum absolute atomic E-state index is 13.0. The van der Waals surface area contributed by atoms with Gasteiger partial charge in [-0.05, 0) is 12.0 Å². The van der Waals surface area contributed by atoms with Crippen LogP contribution >= 0.6 is 34.9 Å². The van der Waals surface area contributed by atoms with E-state index in [-0.39, 0.29) is 22.2 Å². The van der Waals surface area contributed by atoms with Crippen LogP contribution in [0.4, 0.5) is 5.13 Å². The Balaban J connectivity index is 1.37. The van der Waals surface area contributed by atoms with Gasteiger partial charge < -0.3 is 25.8 Å². The fourth-order valence-corrected chi connectivity index (χ4v) is 7.15. The molecule has 2 aliphatic rings. The van der Waals surface area contributed by atoms with E-state index >= 15 is 0 Å². The van der Waals surface area contributed by atoms with Gasteiger partial charge in [0.1, 0.15) is 24.2 Å². The maximum Gasteiger partial charge on any atom is 0.276 e. The Morgan fingerprint density at radius 2 is 2.10 bits per heavy atom. The number of aliphatic carboxylic acids is 1. The number of nitrogens with one attached hydrogen (secondary N) is 2. The van der Waals surface area contributed by atoms with E-state index < -0.39 is 29.2 Å². The zero-order valence-corrected chi connectivity index (χ0v) is 24.6. The lowest BCUT2D eigenvalue weighted by molar-refractivity contribution is -0.650. The molecular weight excluding hydrogens is 575 g/mol. The van der Waals surface area contributed by atoms with Gasteiger partial charge in [0.05, 0.1) is 18.2 Å². The topological polar surface area (TPSA) is 166 Å². The minimum Gasteiger partial charge on any atom is -0.543 e. The molecule has 2 aliphatic heterocycles. The lowest BCUT2D eigenvalue weighted by Gasteiger charge is -2.50. The van der Waals surface area contributed by atoms with E-state index in [1.54, 1.807) is 5.38 Å². The van der Waals surface area contributed by atoms with Crippen molar-refractivity contribution >= 4 is 63.5 Å². The Bertz CT molecular complexity index is 1300. The van der Waals surface area contributed by atoms with E-state index in [1.165, 1.54) is 54.8 Å². The number of carbonyl (C=O) groups excluding carboxylic acids is 3. The van der Waals surface area contributed by atoms with Crippen LogP contribution < -0.4 is 26.3 Å². The number of nitrogens with two attached hydrogens (primary N) is 1. The molecule has 1 saturated heterocycles. The number of nitrogen functional groups attached to an aromatic ring is 1. The van der Waals surface area contributed by atoms with Crippen LogP contribution in [0.15, 0.2) is 51.2 Å². The highest BCUT2D eigenvalue weighted by atomic mass is 32.2. The Morgan fingerprint density at radius 3 is 2.75 bits per heavy atom. The predicted octanol–water partition coefficient (Wildman–Crippen LogP) is 0.683. The molecular formula is C25H31N7O5S3. The third-order valence-corrected chi connectivity index (χ3v) is 9.34. The SMILES string of the molecule is CCCCCCN[n+]1ccc(SCC2=C(C(=O)[O-])N3C(=O)[C@@H](NC(=O)/C(=N\OC)c4csc(N)n4)[C@H]3SC2)cc1. The van der Waals surface area contributed by atoms with Gasteiger partial charge in [-0.2, -0.15) is 5.43 Å². The number of carboxylic acid groups (broad SMARTS) is 1. The van der Waals surface area contributed by atoms with Crippen molar-refractivity contribution in [2.75, 3.05) is 36.3 Å².